The van der Waals surface area contributed by atoms with Crippen molar-refractivity contribution >= 4 is 45.0 Å². The molecule has 2 N–H and O–H groups in total. The molecule has 1 aromatic heterocycles. The highest BCUT2D eigenvalue weighted by molar-refractivity contribution is 8.00. The molecular formula is C21H17N3O2S. The van der Waals surface area contributed by atoms with E-state index < -0.39 is 5.25 Å². The highest BCUT2D eigenvalue weighted by atomic mass is 32.2. The van der Waals surface area contributed by atoms with Crippen LogP contribution in [0.25, 0.3) is 21.7 Å². The number of carbonyl (C=O) groups is 1. The van der Waals surface area contributed by atoms with Crippen molar-refractivity contribution in [3.63, 3.8) is 0 Å². The maximum absolute atomic E-state index is 12.7. The van der Waals surface area contributed by atoms with E-state index in [1.807, 2.05) is 48.5 Å². The summed E-state index contributed by atoms with van der Waals surface area (Å²) >= 11 is 1.23. The van der Waals surface area contributed by atoms with Gasteiger partial charge in [0, 0.05) is 11.1 Å². The second kappa shape index (κ2) is 7.25. The predicted octanol–water partition coefficient (Wildman–Crippen LogP) is 4.20. The number of nitrogens with one attached hydrogen (secondary N) is 2. The third-order valence-electron chi connectivity index (χ3n) is 4.30. The zero-order chi connectivity index (χ0) is 18.8. The van der Waals surface area contributed by atoms with Crippen molar-refractivity contribution in [1.82, 2.24) is 9.97 Å². The van der Waals surface area contributed by atoms with Crippen molar-refractivity contribution in [2.24, 2.45) is 0 Å². The Labute approximate surface area is 159 Å². The lowest BCUT2D eigenvalue weighted by Crippen LogP contribution is -2.23. The lowest BCUT2D eigenvalue weighted by atomic mass is 10.1. The van der Waals surface area contributed by atoms with E-state index in [4.69, 9.17) is 0 Å². The highest BCUT2D eigenvalue weighted by Crippen LogP contribution is 2.25. The van der Waals surface area contributed by atoms with Crippen LogP contribution in [0.3, 0.4) is 0 Å². The monoisotopic (exact) mass is 375 g/mol. The molecule has 5 nitrogen and oxygen atoms in total. The first-order chi connectivity index (χ1) is 13.1. The van der Waals surface area contributed by atoms with E-state index in [9.17, 15) is 9.59 Å². The van der Waals surface area contributed by atoms with Gasteiger partial charge in [0.25, 0.3) is 5.56 Å². The summed E-state index contributed by atoms with van der Waals surface area (Å²) in [5.41, 5.74) is 1.18. The molecule has 1 amide bonds. The molecule has 27 heavy (non-hydrogen) atoms. The molecule has 0 bridgehead atoms. The molecule has 0 aliphatic rings. The number of thioether (sulfide) groups is 1. The Bertz CT molecular complexity index is 1200. The first-order valence-electron chi connectivity index (χ1n) is 8.56. The standard InChI is InChI=1S/C21H17N3O2S/c1-13(27-21-23-18-11-5-4-10-16(18)20(26)24-21)19(25)22-17-12-6-8-14-7-2-3-9-15(14)17/h2-13H,1H3,(H,22,25)(H,23,24,26). The number of nitrogens with zero attached hydrogens (tertiary/aromatic N) is 1. The van der Waals surface area contributed by atoms with E-state index >= 15 is 0 Å². The second-order valence-corrected chi connectivity index (χ2v) is 7.49. The average molecular weight is 375 g/mol. The molecule has 0 aliphatic heterocycles. The number of fused-ring (bicyclic) bond motifs is 2. The van der Waals surface area contributed by atoms with Crippen LogP contribution in [0.15, 0.2) is 76.7 Å². The van der Waals surface area contributed by atoms with Crippen molar-refractivity contribution in [3.8, 4) is 0 Å². The van der Waals surface area contributed by atoms with Crippen LogP contribution in [0.2, 0.25) is 0 Å². The fourth-order valence-electron chi connectivity index (χ4n) is 2.91. The van der Waals surface area contributed by atoms with Gasteiger partial charge in [-0.05, 0) is 30.5 Å². The van der Waals surface area contributed by atoms with E-state index in [0.29, 0.717) is 16.1 Å². The van der Waals surface area contributed by atoms with Crippen LogP contribution in [-0.2, 0) is 4.79 Å². The van der Waals surface area contributed by atoms with Crippen LogP contribution >= 0.6 is 11.8 Å². The number of amides is 1. The summed E-state index contributed by atoms with van der Waals surface area (Å²) in [5, 5.41) is 5.58. The number of hydrogen-bond donors (Lipinski definition) is 2. The van der Waals surface area contributed by atoms with Crippen LogP contribution < -0.4 is 10.9 Å². The van der Waals surface area contributed by atoms with Crippen molar-refractivity contribution in [2.45, 2.75) is 17.3 Å². The summed E-state index contributed by atoms with van der Waals surface area (Å²) < 4.78 is 0. The molecular weight excluding hydrogens is 358 g/mol. The number of aromatic amines is 1. The van der Waals surface area contributed by atoms with E-state index in [-0.39, 0.29) is 11.5 Å². The van der Waals surface area contributed by atoms with Gasteiger partial charge in [-0.2, -0.15) is 0 Å². The van der Waals surface area contributed by atoms with E-state index in [2.05, 4.69) is 15.3 Å². The van der Waals surface area contributed by atoms with Crippen LogP contribution in [0.4, 0.5) is 5.69 Å². The maximum atomic E-state index is 12.7. The van der Waals surface area contributed by atoms with Crippen molar-refractivity contribution in [3.05, 3.63) is 77.1 Å². The summed E-state index contributed by atoms with van der Waals surface area (Å²) in [6, 6.07) is 20.8. The minimum absolute atomic E-state index is 0.146. The number of para-hydroxylation sites is 1. The van der Waals surface area contributed by atoms with Crippen molar-refractivity contribution in [1.29, 1.82) is 0 Å². The summed E-state index contributed by atoms with van der Waals surface area (Å²) in [6.45, 7) is 1.79. The number of hydrogen-bond acceptors (Lipinski definition) is 4. The number of carbonyl (C=O) groups excluding carboxylic acids is 1. The zero-order valence-corrected chi connectivity index (χ0v) is 15.4. The zero-order valence-electron chi connectivity index (χ0n) is 14.6. The van der Waals surface area contributed by atoms with Crippen LogP contribution in [0.1, 0.15) is 6.92 Å². The minimum atomic E-state index is -0.423. The second-order valence-electron chi connectivity index (χ2n) is 6.16. The molecule has 1 atom stereocenters. The summed E-state index contributed by atoms with van der Waals surface area (Å²) in [5.74, 6) is -0.146. The van der Waals surface area contributed by atoms with Gasteiger partial charge in [-0.3, -0.25) is 9.59 Å². The number of benzene rings is 3. The molecule has 0 radical (unpaired) electrons. The first kappa shape index (κ1) is 17.3. The normalized spacial score (nSPS) is 12.2. The Hall–Kier alpha value is -3.12. The largest absolute Gasteiger partial charge is 0.325 e. The quantitative estimate of drug-likeness (QED) is 0.414. The van der Waals surface area contributed by atoms with E-state index in [1.165, 1.54) is 11.8 Å². The Morgan fingerprint density at radius 3 is 2.56 bits per heavy atom. The van der Waals surface area contributed by atoms with Crippen molar-refractivity contribution < 1.29 is 4.79 Å². The van der Waals surface area contributed by atoms with Crippen LogP contribution in [0, 0.1) is 0 Å². The van der Waals surface area contributed by atoms with Gasteiger partial charge in [0.15, 0.2) is 5.16 Å². The predicted molar refractivity (Wildman–Crippen MR) is 110 cm³/mol. The Morgan fingerprint density at radius 1 is 1.00 bits per heavy atom. The Morgan fingerprint density at radius 2 is 1.70 bits per heavy atom. The van der Waals surface area contributed by atoms with Gasteiger partial charge in [-0.1, -0.05) is 60.3 Å². The maximum Gasteiger partial charge on any atom is 0.259 e. The molecule has 4 rings (SSSR count). The fourth-order valence-corrected chi connectivity index (χ4v) is 3.71. The molecule has 4 aromatic rings. The van der Waals surface area contributed by atoms with Gasteiger partial charge in [-0.15, -0.1) is 0 Å². The molecule has 1 unspecified atom stereocenters. The number of aromatic nitrogens is 2. The molecule has 0 fully saturated rings. The topological polar surface area (TPSA) is 74.8 Å². The lowest BCUT2D eigenvalue weighted by molar-refractivity contribution is -0.115. The van der Waals surface area contributed by atoms with E-state index in [1.54, 1.807) is 25.1 Å². The molecule has 0 saturated heterocycles. The molecule has 3 aromatic carbocycles. The van der Waals surface area contributed by atoms with Gasteiger partial charge in [-0.25, -0.2) is 4.98 Å². The van der Waals surface area contributed by atoms with Gasteiger partial charge in [0.2, 0.25) is 5.91 Å². The van der Waals surface area contributed by atoms with Crippen LogP contribution in [-0.4, -0.2) is 21.1 Å². The third kappa shape index (κ3) is 3.57. The van der Waals surface area contributed by atoms with Gasteiger partial charge >= 0.3 is 0 Å². The Balaban J connectivity index is 1.55. The van der Waals surface area contributed by atoms with Crippen LogP contribution in [0.5, 0.6) is 0 Å². The molecule has 0 spiro atoms. The SMILES string of the molecule is CC(Sc1nc2ccccc2c(=O)[nH]1)C(=O)Nc1cccc2ccccc12. The fraction of sp³-hybridized carbons (Fsp3) is 0.0952. The number of rotatable bonds is 4. The minimum Gasteiger partial charge on any atom is -0.325 e. The highest BCUT2D eigenvalue weighted by Gasteiger charge is 2.17. The van der Waals surface area contributed by atoms with Crippen molar-refractivity contribution in [2.75, 3.05) is 5.32 Å². The molecule has 1 heterocycles. The van der Waals surface area contributed by atoms with E-state index in [0.717, 1.165) is 16.5 Å². The summed E-state index contributed by atoms with van der Waals surface area (Å²) in [7, 11) is 0. The molecule has 6 heteroatoms. The first-order valence-corrected chi connectivity index (χ1v) is 9.44. The molecule has 0 aliphatic carbocycles. The number of anilines is 1. The summed E-state index contributed by atoms with van der Waals surface area (Å²) in [4.78, 5) is 32.0. The summed E-state index contributed by atoms with van der Waals surface area (Å²) in [6.07, 6.45) is 0. The number of H-pyrrole nitrogens is 1. The average Bonchev–Trinajstić information content (AvgIpc) is 2.68. The Kier molecular flexibility index (Phi) is 4.64. The third-order valence-corrected chi connectivity index (χ3v) is 5.28. The van der Waals surface area contributed by atoms with Gasteiger partial charge in [0.1, 0.15) is 0 Å². The van der Waals surface area contributed by atoms with Gasteiger partial charge < -0.3 is 10.3 Å². The molecule has 134 valence electrons. The van der Waals surface area contributed by atoms with Gasteiger partial charge in [0.05, 0.1) is 16.2 Å². The lowest BCUT2D eigenvalue weighted by Gasteiger charge is -2.13. The smallest absolute Gasteiger partial charge is 0.259 e. The molecule has 0 saturated carbocycles.